The summed E-state index contributed by atoms with van der Waals surface area (Å²) in [7, 11) is 4.40. The molecule has 0 N–H and O–H groups in total. The minimum atomic E-state index is 0.868. The Balaban J connectivity index is 2.23. The van der Waals surface area contributed by atoms with Crippen LogP contribution in [0.2, 0.25) is 0 Å². The molecule has 2 atom stereocenters. The summed E-state index contributed by atoms with van der Waals surface area (Å²) in [5.74, 6) is 2.36. The van der Waals surface area contributed by atoms with Crippen LogP contribution in [0.4, 0.5) is 0 Å². The van der Waals surface area contributed by atoms with Crippen LogP contribution in [-0.2, 0) is 0 Å². The largest absolute Gasteiger partial charge is 0.306 e. The molecule has 0 radical (unpaired) electrons. The van der Waals surface area contributed by atoms with E-state index in [1.165, 1.54) is 25.0 Å². The third-order valence-corrected chi connectivity index (χ3v) is 3.45. The van der Waals surface area contributed by atoms with Gasteiger partial charge in [0.2, 0.25) is 0 Å². The Morgan fingerprint density at radius 1 is 1.36 bits per heavy atom. The van der Waals surface area contributed by atoms with Crippen molar-refractivity contribution < 1.29 is 0 Å². The maximum absolute atomic E-state index is 2.38. The Kier molecular flexibility index (Phi) is 3.73. The van der Waals surface area contributed by atoms with E-state index in [2.05, 4.69) is 25.3 Å². The van der Waals surface area contributed by atoms with Crippen LogP contribution >= 0.6 is 11.8 Å². The quantitative estimate of drug-likeness (QED) is 0.643. The van der Waals surface area contributed by atoms with Crippen LogP contribution in [0.5, 0.6) is 0 Å². The molecule has 0 amide bonds. The Morgan fingerprint density at radius 3 is 2.55 bits per heavy atom. The maximum Gasteiger partial charge on any atom is 0.00922 e. The van der Waals surface area contributed by atoms with Gasteiger partial charge in [-0.05, 0) is 51.3 Å². The molecule has 2 heteroatoms. The molecule has 0 spiro atoms. The SMILES string of the molecule is CSC[C@@H]1CC[C@H](N(C)C)C1. The van der Waals surface area contributed by atoms with Crippen molar-refractivity contribution >= 4 is 11.8 Å². The average molecular weight is 173 g/mol. The van der Waals surface area contributed by atoms with Gasteiger partial charge in [-0.1, -0.05) is 0 Å². The normalized spacial score (nSPS) is 31.6. The molecule has 0 bridgehead atoms. The van der Waals surface area contributed by atoms with Gasteiger partial charge in [0, 0.05) is 6.04 Å². The molecule has 11 heavy (non-hydrogen) atoms. The molecule has 1 aliphatic rings. The first-order chi connectivity index (χ1) is 5.24. The second kappa shape index (κ2) is 4.36. The highest BCUT2D eigenvalue weighted by Gasteiger charge is 2.25. The van der Waals surface area contributed by atoms with Crippen LogP contribution in [0, 0.1) is 5.92 Å². The number of rotatable bonds is 3. The van der Waals surface area contributed by atoms with Crippen LogP contribution in [-0.4, -0.2) is 37.0 Å². The van der Waals surface area contributed by atoms with Crippen molar-refractivity contribution in [3.8, 4) is 0 Å². The van der Waals surface area contributed by atoms with Crippen molar-refractivity contribution in [3.63, 3.8) is 0 Å². The number of thioether (sulfide) groups is 1. The van der Waals surface area contributed by atoms with Crippen molar-refractivity contribution in [2.45, 2.75) is 25.3 Å². The summed E-state index contributed by atoms with van der Waals surface area (Å²) >= 11 is 1.99. The highest BCUT2D eigenvalue weighted by Crippen LogP contribution is 2.29. The average Bonchev–Trinajstić information content (AvgIpc) is 2.37. The highest BCUT2D eigenvalue weighted by atomic mass is 32.2. The van der Waals surface area contributed by atoms with Gasteiger partial charge in [-0.2, -0.15) is 11.8 Å². The van der Waals surface area contributed by atoms with Crippen molar-refractivity contribution in [3.05, 3.63) is 0 Å². The monoisotopic (exact) mass is 173 g/mol. The summed E-state index contributed by atoms with van der Waals surface area (Å²) in [4.78, 5) is 2.38. The van der Waals surface area contributed by atoms with Crippen LogP contribution in [0.15, 0.2) is 0 Å². The van der Waals surface area contributed by atoms with E-state index in [-0.39, 0.29) is 0 Å². The summed E-state index contributed by atoms with van der Waals surface area (Å²) in [6, 6.07) is 0.868. The predicted octanol–water partition coefficient (Wildman–Crippen LogP) is 2.08. The zero-order valence-corrected chi connectivity index (χ0v) is 8.66. The van der Waals surface area contributed by atoms with Crippen molar-refractivity contribution in [1.82, 2.24) is 4.90 Å². The Bertz CT molecular complexity index is 114. The molecule has 0 saturated heterocycles. The van der Waals surface area contributed by atoms with Crippen molar-refractivity contribution in [1.29, 1.82) is 0 Å². The molecule has 1 rings (SSSR count). The standard InChI is InChI=1S/C9H19NS/c1-10(2)9-5-4-8(6-9)7-11-3/h8-9H,4-7H2,1-3H3/t8-,9+/m1/s1. The zero-order valence-electron chi connectivity index (χ0n) is 7.84. The van der Waals surface area contributed by atoms with Gasteiger partial charge in [0.1, 0.15) is 0 Å². The van der Waals surface area contributed by atoms with Crippen LogP contribution in [0.25, 0.3) is 0 Å². The lowest BCUT2D eigenvalue weighted by molar-refractivity contribution is 0.293. The maximum atomic E-state index is 2.38. The molecule has 1 fully saturated rings. The van der Waals surface area contributed by atoms with E-state index in [9.17, 15) is 0 Å². The lowest BCUT2D eigenvalue weighted by atomic mass is 10.1. The Morgan fingerprint density at radius 2 is 2.09 bits per heavy atom. The molecular formula is C9H19NS. The first-order valence-corrected chi connectivity index (χ1v) is 5.78. The molecule has 0 unspecified atom stereocenters. The topological polar surface area (TPSA) is 3.24 Å². The Hall–Kier alpha value is 0.310. The third-order valence-electron chi connectivity index (χ3n) is 2.65. The van der Waals surface area contributed by atoms with Gasteiger partial charge in [-0.25, -0.2) is 0 Å². The van der Waals surface area contributed by atoms with E-state index < -0.39 is 0 Å². The minimum Gasteiger partial charge on any atom is -0.306 e. The van der Waals surface area contributed by atoms with Gasteiger partial charge >= 0.3 is 0 Å². The molecule has 1 aliphatic carbocycles. The lowest BCUT2D eigenvalue weighted by Gasteiger charge is -2.18. The number of nitrogens with zero attached hydrogens (tertiary/aromatic N) is 1. The number of hydrogen-bond donors (Lipinski definition) is 0. The molecule has 0 heterocycles. The fourth-order valence-corrected chi connectivity index (χ4v) is 2.68. The molecule has 1 nitrogen and oxygen atoms in total. The van der Waals surface area contributed by atoms with E-state index in [0.29, 0.717) is 0 Å². The summed E-state index contributed by atoms with van der Waals surface area (Å²) in [6.07, 6.45) is 6.50. The van der Waals surface area contributed by atoms with E-state index in [0.717, 1.165) is 12.0 Å². The minimum absolute atomic E-state index is 0.868. The zero-order chi connectivity index (χ0) is 8.27. The van der Waals surface area contributed by atoms with Gasteiger partial charge in [0.25, 0.3) is 0 Å². The smallest absolute Gasteiger partial charge is 0.00922 e. The van der Waals surface area contributed by atoms with Gasteiger partial charge < -0.3 is 4.90 Å². The molecule has 1 saturated carbocycles. The Labute approximate surface area is 74.5 Å². The molecule has 66 valence electrons. The number of hydrogen-bond acceptors (Lipinski definition) is 2. The molecule has 0 aromatic heterocycles. The molecule has 0 aromatic carbocycles. The first-order valence-electron chi connectivity index (χ1n) is 4.39. The van der Waals surface area contributed by atoms with E-state index in [1.807, 2.05) is 11.8 Å². The second-order valence-electron chi connectivity index (χ2n) is 3.75. The third kappa shape index (κ3) is 2.68. The fraction of sp³-hybridized carbons (Fsp3) is 1.00. The van der Waals surface area contributed by atoms with Gasteiger partial charge in [-0.15, -0.1) is 0 Å². The van der Waals surface area contributed by atoms with Crippen molar-refractivity contribution in [2.75, 3.05) is 26.1 Å². The van der Waals surface area contributed by atoms with Crippen molar-refractivity contribution in [2.24, 2.45) is 5.92 Å². The molecular weight excluding hydrogens is 154 g/mol. The summed E-state index contributed by atoms with van der Waals surface area (Å²) < 4.78 is 0. The predicted molar refractivity (Wildman–Crippen MR) is 53.2 cm³/mol. The second-order valence-corrected chi connectivity index (χ2v) is 4.66. The molecule has 0 aromatic rings. The van der Waals surface area contributed by atoms with Gasteiger partial charge in [-0.3, -0.25) is 0 Å². The van der Waals surface area contributed by atoms with Gasteiger partial charge in [0.05, 0.1) is 0 Å². The molecule has 0 aliphatic heterocycles. The van der Waals surface area contributed by atoms with Crippen LogP contribution in [0.1, 0.15) is 19.3 Å². The van der Waals surface area contributed by atoms with Crippen LogP contribution < -0.4 is 0 Å². The van der Waals surface area contributed by atoms with Gasteiger partial charge in [0.15, 0.2) is 0 Å². The van der Waals surface area contributed by atoms with E-state index >= 15 is 0 Å². The summed E-state index contributed by atoms with van der Waals surface area (Å²) in [5, 5.41) is 0. The lowest BCUT2D eigenvalue weighted by Crippen LogP contribution is -2.24. The van der Waals surface area contributed by atoms with Crippen LogP contribution in [0.3, 0.4) is 0 Å². The van der Waals surface area contributed by atoms with E-state index in [4.69, 9.17) is 0 Å². The van der Waals surface area contributed by atoms with E-state index in [1.54, 1.807) is 0 Å². The highest BCUT2D eigenvalue weighted by molar-refractivity contribution is 7.98. The fourth-order valence-electron chi connectivity index (χ4n) is 1.90. The first kappa shape index (κ1) is 9.40. The summed E-state index contributed by atoms with van der Waals surface area (Å²) in [6.45, 7) is 0. The summed E-state index contributed by atoms with van der Waals surface area (Å²) in [5.41, 5.74) is 0.